The van der Waals surface area contributed by atoms with E-state index in [9.17, 15) is 4.79 Å². The fraction of sp³-hybridized carbons (Fsp3) is 0.185. The number of rotatable bonds is 9. The fourth-order valence-electron chi connectivity index (χ4n) is 3.50. The number of hydrogen-bond donors (Lipinski definition) is 1. The first-order valence-corrected chi connectivity index (χ1v) is 11.9. The molecule has 180 valence electrons. The van der Waals surface area contributed by atoms with Crippen LogP contribution in [0.15, 0.2) is 72.8 Å². The molecule has 35 heavy (non-hydrogen) atoms. The van der Waals surface area contributed by atoms with E-state index in [2.05, 4.69) is 10.4 Å². The Kier molecular flexibility index (Phi) is 7.95. The van der Waals surface area contributed by atoms with Crippen LogP contribution >= 0.6 is 23.2 Å². The number of nitrogens with one attached hydrogen (secondary N) is 1. The monoisotopic (exact) mass is 509 g/mol. The van der Waals surface area contributed by atoms with Crippen LogP contribution in [-0.2, 0) is 13.2 Å². The Labute approximate surface area is 214 Å². The SMILES string of the molecule is CCOc1ccc(OCc2cccc(C(=O)Nc3cc(C)n(Cc4ccc(Cl)cc4Cl)n3)c2)cc1. The summed E-state index contributed by atoms with van der Waals surface area (Å²) in [7, 11) is 0. The van der Waals surface area contributed by atoms with Crippen molar-refractivity contribution in [1.82, 2.24) is 9.78 Å². The van der Waals surface area contributed by atoms with Crippen LogP contribution in [0.25, 0.3) is 0 Å². The lowest BCUT2D eigenvalue weighted by Gasteiger charge is -2.09. The van der Waals surface area contributed by atoms with E-state index in [4.69, 9.17) is 32.7 Å². The Hall–Kier alpha value is -3.48. The van der Waals surface area contributed by atoms with Gasteiger partial charge < -0.3 is 14.8 Å². The van der Waals surface area contributed by atoms with Crippen molar-refractivity contribution < 1.29 is 14.3 Å². The standard InChI is InChI=1S/C27H25Cl2N3O3/c1-3-34-23-9-11-24(12-10-23)35-17-19-5-4-6-20(14-19)27(33)30-26-13-18(2)32(31-26)16-21-7-8-22(28)15-25(21)29/h4-15H,3,16-17H2,1-2H3,(H,30,31,33). The van der Waals surface area contributed by atoms with Crippen LogP contribution in [0.1, 0.15) is 34.1 Å². The van der Waals surface area contributed by atoms with Crippen molar-refractivity contribution in [2.45, 2.75) is 27.0 Å². The molecular weight excluding hydrogens is 485 g/mol. The summed E-state index contributed by atoms with van der Waals surface area (Å²) in [5.41, 5.74) is 3.18. The predicted molar refractivity (Wildman–Crippen MR) is 139 cm³/mol. The summed E-state index contributed by atoms with van der Waals surface area (Å²) in [5.74, 6) is 1.74. The molecule has 0 aliphatic rings. The van der Waals surface area contributed by atoms with Gasteiger partial charge in [0.05, 0.1) is 13.2 Å². The lowest BCUT2D eigenvalue weighted by atomic mass is 10.1. The van der Waals surface area contributed by atoms with Gasteiger partial charge in [-0.05, 0) is 73.5 Å². The first-order valence-electron chi connectivity index (χ1n) is 11.2. The van der Waals surface area contributed by atoms with Gasteiger partial charge in [0.2, 0.25) is 0 Å². The van der Waals surface area contributed by atoms with Crippen molar-refractivity contribution in [2.75, 3.05) is 11.9 Å². The third kappa shape index (κ3) is 6.56. The summed E-state index contributed by atoms with van der Waals surface area (Å²) in [5, 5.41) is 8.53. The van der Waals surface area contributed by atoms with Crippen molar-refractivity contribution in [3.63, 3.8) is 0 Å². The van der Waals surface area contributed by atoms with Crippen molar-refractivity contribution in [3.05, 3.63) is 105 Å². The number of aromatic nitrogens is 2. The molecular formula is C27H25Cl2N3O3. The smallest absolute Gasteiger partial charge is 0.256 e. The maximum Gasteiger partial charge on any atom is 0.256 e. The van der Waals surface area contributed by atoms with Gasteiger partial charge in [-0.2, -0.15) is 5.10 Å². The number of aryl methyl sites for hydroxylation is 1. The van der Waals surface area contributed by atoms with E-state index in [1.807, 2.05) is 62.4 Å². The third-order valence-electron chi connectivity index (χ3n) is 5.29. The van der Waals surface area contributed by atoms with Crippen LogP contribution in [-0.4, -0.2) is 22.3 Å². The molecule has 0 aliphatic carbocycles. The van der Waals surface area contributed by atoms with E-state index >= 15 is 0 Å². The number of amides is 1. The van der Waals surface area contributed by atoms with Gasteiger partial charge in [-0.25, -0.2) is 0 Å². The molecule has 0 spiro atoms. The molecule has 0 radical (unpaired) electrons. The van der Waals surface area contributed by atoms with Gasteiger partial charge in [0.25, 0.3) is 5.91 Å². The van der Waals surface area contributed by atoms with Crippen LogP contribution in [0, 0.1) is 6.92 Å². The number of carbonyl (C=O) groups excluding carboxylic acids is 1. The molecule has 1 aromatic heterocycles. The summed E-state index contributed by atoms with van der Waals surface area (Å²) in [6.07, 6.45) is 0. The van der Waals surface area contributed by atoms with Gasteiger partial charge >= 0.3 is 0 Å². The molecule has 0 aliphatic heterocycles. The van der Waals surface area contributed by atoms with Gasteiger partial charge in [0.1, 0.15) is 18.1 Å². The number of ether oxygens (including phenoxy) is 2. The van der Waals surface area contributed by atoms with Crippen LogP contribution in [0.5, 0.6) is 11.5 Å². The number of hydrogen-bond acceptors (Lipinski definition) is 4. The van der Waals surface area contributed by atoms with Crippen LogP contribution in [0.3, 0.4) is 0 Å². The Bertz CT molecular complexity index is 1320. The van der Waals surface area contributed by atoms with E-state index < -0.39 is 0 Å². The van der Waals surface area contributed by atoms with Gasteiger partial charge in [0.15, 0.2) is 5.82 Å². The summed E-state index contributed by atoms with van der Waals surface area (Å²) >= 11 is 12.3. The van der Waals surface area contributed by atoms with E-state index in [0.717, 1.165) is 28.3 Å². The summed E-state index contributed by atoms with van der Waals surface area (Å²) < 4.78 is 13.1. The highest BCUT2D eigenvalue weighted by Crippen LogP contribution is 2.23. The van der Waals surface area contributed by atoms with E-state index in [1.165, 1.54) is 0 Å². The van der Waals surface area contributed by atoms with E-state index in [-0.39, 0.29) is 5.91 Å². The number of anilines is 1. The maximum absolute atomic E-state index is 12.9. The van der Waals surface area contributed by atoms with Crippen LogP contribution in [0.4, 0.5) is 5.82 Å². The third-order valence-corrected chi connectivity index (χ3v) is 5.87. The molecule has 0 saturated carbocycles. The fourth-order valence-corrected chi connectivity index (χ4v) is 3.97. The van der Waals surface area contributed by atoms with E-state index in [1.54, 1.807) is 28.9 Å². The highest BCUT2D eigenvalue weighted by Gasteiger charge is 2.12. The molecule has 4 rings (SSSR count). The molecule has 0 unspecified atom stereocenters. The Morgan fingerprint density at radius 3 is 2.43 bits per heavy atom. The summed E-state index contributed by atoms with van der Waals surface area (Å²) in [4.78, 5) is 12.9. The second kappa shape index (κ2) is 11.3. The molecule has 6 nitrogen and oxygen atoms in total. The first-order chi connectivity index (χ1) is 16.9. The van der Waals surface area contributed by atoms with Crippen molar-refractivity contribution >= 4 is 34.9 Å². The molecule has 0 fully saturated rings. The number of halogens is 2. The Morgan fingerprint density at radius 1 is 0.971 bits per heavy atom. The minimum Gasteiger partial charge on any atom is -0.494 e. The number of benzene rings is 3. The van der Waals surface area contributed by atoms with Gasteiger partial charge in [0, 0.05) is 27.4 Å². The molecule has 3 aromatic carbocycles. The Balaban J connectivity index is 1.38. The highest BCUT2D eigenvalue weighted by molar-refractivity contribution is 6.35. The minimum absolute atomic E-state index is 0.248. The van der Waals surface area contributed by atoms with Gasteiger partial charge in [-0.1, -0.05) is 41.4 Å². The quantitative estimate of drug-likeness (QED) is 0.270. The zero-order chi connectivity index (χ0) is 24.8. The van der Waals surface area contributed by atoms with Crippen LogP contribution < -0.4 is 14.8 Å². The second-order valence-electron chi connectivity index (χ2n) is 7.91. The molecule has 4 aromatic rings. The Morgan fingerprint density at radius 2 is 1.71 bits per heavy atom. The number of nitrogens with zero attached hydrogens (tertiary/aromatic N) is 2. The van der Waals surface area contributed by atoms with Crippen LogP contribution in [0.2, 0.25) is 10.0 Å². The highest BCUT2D eigenvalue weighted by atomic mass is 35.5. The molecule has 1 heterocycles. The average molecular weight is 510 g/mol. The van der Waals surface area contributed by atoms with Crippen molar-refractivity contribution in [2.24, 2.45) is 0 Å². The molecule has 0 atom stereocenters. The number of carbonyl (C=O) groups is 1. The molecule has 0 saturated heterocycles. The minimum atomic E-state index is -0.248. The topological polar surface area (TPSA) is 65.4 Å². The van der Waals surface area contributed by atoms with Gasteiger partial charge in [-0.15, -0.1) is 0 Å². The largest absolute Gasteiger partial charge is 0.494 e. The summed E-state index contributed by atoms with van der Waals surface area (Å²) in [6, 6.07) is 21.9. The maximum atomic E-state index is 12.9. The molecule has 0 bridgehead atoms. The summed E-state index contributed by atoms with van der Waals surface area (Å²) in [6.45, 7) is 5.29. The molecule has 8 heteroatoms. The lowest BCUT2D eigenvalue weighted by Crippen LogP contribution is -2.13. The molecule has 1 amide bonds. The zero-order valence-corrected chi connectivity index (χ0v) is 20.9. The first kappa shape index (κ1) is 24.6. The second-order valence-corrected chi connectivity index (χ2v) is 8.76. The lowest BCUT2D eigenvalue weighted by molar-refractivity contribution is 0.102. The van der Waals surface area contributed by atoms with Crippen molar-refractivity contribution in [1.29, 1.82) is 0 Å². The predicted octanol–water partition coefficient (Wildman–Crippen LogP) is 6.78. The zero-order valence-electron chi connectivity index (χ0n) is 19.4. The van der Waals surface area contributed by atoms with Crippen molar-refractivity contribution in [3.8, 4) is 11.5 Å². The van der Waals surface area contributed by atoms with E-state index in [0.29, 0.717) is 41.2 Å². The molecule has 1 N–H and O–H groups in total. The van der Waals surface area contributed by atoms with Gasteiger partial charge in [-0.3, -0.25) is 9.48 Å². The average Bonchev–Trinajstić information content (AvgIpc) is 3.19. The normalized spacial score (nSPS) is 10.7.